The zero-order valence-electron chi connectivity index (χ0n) is 7.49. The highest BCUT2D eigenvalue weighted by molar-refractivity contribution is 6.46. The quantitative estimate of drug-likeness (QED) is 0.516. The number of ketones is 2. The predicted molar refractivity (Wildman–Crippen MR) is 48.2 cm³/mol. The molecule has 0 fully saturated rings. The van der Waals surface area contributed by atoms with Crippen LogP contribution in [0, 0.1) is 0 Å². The van der Waals surface area contributed by atoms with Gasteiger partial charge in [0.25, 0.3) is 0 Å². The third-order valence-electron chi connectivity index (χ3n) is 1.86. The SMILES string of the molecule is C[C@H](O)CCC1=CC(=O)C(=O)C=C1. The predicted octanol–water partition coefficient (Wildman–Crippen LogP) is 0.782. The van der Waals surface area contributed by atoms with Crippen LogP contribution in [-0.4, -0.2) is 22.8 Å². The molecular formula is C10H12O3. The third-order valence-corrected chi connectivity index (χ3v) is 1.86. The molecule has 3 nitrogen and oxygen atoms in total. The minimum atomic E-state index is -0.471. The van der Waals surface area contributed by atoms with Crippen LogP contribution in [0.1, 0.15) is 19.8 Å². The summed E-state index contributed by atoms with van der Waals surface area (Å²) < 4.78 is 0. The highest BCUT2D eigenvalue weighted by Gasteiger charge is 2.12. The summed E-state index contributed by atoms with van der Waals surface area (Å²) in [6, 6.07) is 0. The van der Waals surface area contributed by atoms with E-state index in [-0.39, 0.29) is 6.10 Å². The van der Waals surface area contributed by atoms with Gasteiger partial charge in [0.15, 0.2) is 0 Å². The fraction of sp³-hybridized carbons (Fsp3) is 0.400. The number of carbonyl (C=O) groups is 2. The van der Waals surface area contributed by atoms with Gasteiger partial charge in [-0.05, 0) is 37.5 Å². The highest BCUT2D eigenvalue weighted by Crippen LogP contribution is 2.12. The number of hydrogen-bond donors (Lipinski definition) is 1. The van der Waals surface area contributed by atoms with E-state index in [1.807, 2.05) is 0 Å². The van der Waals surface area contributed by atoms with Gasteiger partial charge in [0.05, 0.1) is 6.10 Å². The minimum Gasteiger partial charge on any atom is -0.393 e. The van der Waals surface area contributed by atoms with E-state index < -0.39 is 11.6 Å². The summed E-state index contributed by atoms with van der Waals surface area (Å²) in [5.74, 6) is -0.941. The van der Waals surface area contributed by atoms with Crippen LogP contribution in [0.3, 0.4) is 0 Å². The van der Waals surface area contributed by atoms with Crippen molar-refractivity contribution in [2.45, 2.75) is 25.9 Å². The van der Waals surface area contributed by atoms with E-state index in [1.165, 1.54) is 12.2 Å². The lowest BCUT2D eigenvalue weighted by atomic mass is 10.00. The first-order valence-corrected chi connectivity index (χ1v) is 4.24. The Bertz CT molecular complexity index is 285. The van der Waals surface area contributed by atoms with Crippen LogP contribution in [0.25, 0.3) is 0 Å². The van der Waals surface area contributed by atoms with E-state index >= 15 is 0 Å². The smallest absolute Gasteiger partial charge is 0.225 e. The van der Waals surface area contributed by atoms with Crippen LogP contribution in [0.2, 0.25) is 0 Å². The molecule has 0 aromatic carbocycles. The summed E-state index contributed by atoms with van der Waals surface area (Å²) in [6.45, 7) is 1.69. The lowest BCUT2D eigenvalue weighted by Gasteiger charge is -2.06. The van der Waals surface area contributed by atoms with Gasteiger partial charge in [0, 0.05) is 0 Å². The molecule has 0 bridgehead atoms. The van der Waals surface area contributed by atoms with E-state index in [2.05, 4.69) is 0 Å². The van der Waals surface area contributed by atoms with Crippen molar-refractivity contribution in [2.24, 2.45) is 0 Å². The second-order valence-corrected chi connectivity index (χ2v) is 3.17. The summed E-state index contributed by atoms with van der Waals surface area (Å²) in [4.78, 5) is 21.7. The van der Waals surface area contributed by atoms with E-state index in [4.69, 9.17) is 5.11 Å². The van der Waals surface area contributed by atoms with Gasteiger partial charge in [0.1, 0.15) is 0 Å². The molecular weight excluding hydrogens is 168 g/mol. The number of aliphatic hydroxyl groups excluding tert-OH is 1. The van der Waals surface area contributed by atoms with Crippen molar-refractivity contribution in [1.82, 2.24) is 0 Å². The molecule has 0 saturated carbocycles. The molecule has 1 atom stereocenters. The molecule has 3 heteroatoms. The molecule has 0 aromatic rings. The van der Waals surface area contributed by atoms with Crippen molar-refractivity contribution < 1.29 is 14.7 Å². The van der Waals surface area contributed by atoms with E-state index in [0.717, 1.165) is 5.57 Å². The standard InChI is InChI=1S/C10H12O3/c1-7(11)2-3-8-4-5-9(12)10(13)6-8/h4-7,11H,2-3H2,1H3/t7-/m0/s1. The Labute approximate surface area is 76.8 Å². The van der Waals surface area contributed by atoms with Crippen molar-refractivity contribution >= 4 is 11.6 Å². The molecule has 0 unspecified atom stereocenters. The lowest BCUT2D eigenvalue weighted by molar-refractivity contribution is -0.131. The number of allylic oxidation sites excluding steroid dienone is 4. The average Bonchev–Trinajstić information content (AvgIpc) is 2.07. The van der Waals surface area contributed by atoms with Crippen molar-refractivity contribution in [3.05, 3.63) is 23.8 Å². The van der Waals surface area contributed by atoms with Crippen molar-refractivity contribution in [3.8, 4) is 0 Å². The fourth-order valence-electron chi connectivity index (χ4n) is 1.08. The highest BCUT2D eigenvalue weighted by atomic mass is 16.3. The molecule has 0 aliphatic heterocycles. The maximum atomic E-state index is 10.9. The monoisotopic (exact) mass is 180 g/mol. The Balaban J connectivity index is 2.53. The van der Waals surface area contributed by atoms with Gasteiger partial charge in [-0.25, -0.2) is 0 Å². The lowest BCUT2D eigenvalue weighted by Crippen LogP contribution is -2.12. The first kappa shape index (κ1) is 9.86. The van der Waals surface area contributed by atoms with Crippen molar-refractivity contribution in [3.63, 3.8) is 0 Å². The van der Waals surface area contributed by atoms with Gasteiger partial charge in [-0.3, -0.25) is 9.59 Å². The first-order valence-electron chi connectivity index (χ1n) is 4.24. The van der Waals surface area contributed by atoms with Gasteiger partial charge in [-0.1, -0.05) is 6.08 Å². The summed E-state index contributed by atoms with van der Waals surface area (Å²) in [5, 5.41) is 9.00. The van der Waals surface area contributed by atoms with E-state index in [1.54, 1.807) is 13.0 Å². The molecule has 0 aromatic heterocycles. The fourth-order valence-corrected chi connectivity index (χ4v) is 1.08. The number of carbonyl (C=O) groups excluding carboxylic acids is 2. The zero-order chi connectivity index (χ0) is 9.84. The first-order chi connectivity index (χ1) is 6.09. The van der Waals surface area contributed by atoms with Gasteiger partial charge in [-0.15, -0.1) is 0 Å². The topological polar surface area (TPSA) is 54.4 Å². The average molecular weight is 180 g/mol. The van der Waals surface area contributed by atoms with E-state index in [9.17, 15) is 9.59 Å². The zero-order valence-corrected chi connectivity index (χ0v) is 7.49. The molecule has 1 aliphatic rings. The normalized spacial score (nSPS) is 18.8. The second-order valence-electron chi connectivity index (χ2n) is 3.17. The largest absolute Gasteiger partial charge is 0.393 e. The van der Waals surface area contributed by atoms with Gasteiger partial charge in [0.2, 0.25) is 11.6 Å². The molecule has 0 saturated heterocycles. The molecule has 0 radical (unpaired) electrons. The summed E-state index contributed by atoms with van der Waals surface area (Å²) in [6.07, 6.45) is 5.11. The van der Waals surface area contributed by atoms with E-state index in [0.29, 0.717) is 12.8 Å². The molecule has 0 spiro atoms. The van der Waals surface area contributed by atoms with Crippen LogP contribution in [0.15, 0.2) is 23.8 Å². The van der Waals surface area contributed by atoms with Crippen LogP contribution < -0.4 is 0 Å². The molecule has 70 valence electrons. The third kappa shape index (κ3) is 2.95. The van der Waals surface area contributed by atoms with Crippen LogP contribution >= 0.6 is 0 Å². The second kappa shape index (κ2) is 4.14. The Hall–Kier alpha value is -1.22. The molecule has 13 heavy (non-hydrogen) atoms. The molecule has 1 aliphatic carbocycles. The minimum absolute atomic E-state index is 0.373. The van der Waals surface area contributed by atoms with Gasteiger partial charge < -0.3 is 5.11 Å². The summed E-state index contributed by atoms with van der Waals surface area (Å²) in [7, 11) is 0. The molecule has 0 heterocycles. The Kier molecular flexibility index (Phi) is 3.14. The molecule has 1 rings (SSSR count). The molecule has 1 N–H and O–H groups in total. The van der Waals surface area contributed by atoms with Gasteiger partial charge >= 0.3 is 0 Å². The Morgan fingerprint density at radius 3 is 2.54 bits per heavy atom. The van der Waals surface area contributed by atoms with Gasteiger partial charge in [-0.2, -0.15) is 0 Å². The Morgan fingerprint density at radius 2 is 2.00 bits per heavy atom. The number of rotatable bonds is 3. The summed E-state index contributed by atoms with van der Waals surface area (Å²) in [5.41, 5.74) is 0.811. The van der Waals surface area contributed by atoms with Crippen molar-refractivity contribution in [1.29, 1.82) is 0 Å². The Morgan fingerprint density at radius 1 is 1.31 bits per heavy atom. The number of hydrogen-bond acceptors (Lipinski definition) is 3. The number of aliphatic hydroxyl groups is 1. The van der Waals surface area contributed by atoms with Crippen LogP contribution in [0.4, 0.5) is 0 Å². The maximum absolute atomic E-state index is 10.9. The molecule has 0 amide bonds. The van der Waals surface area contributed by atoms with Crippen LogP contribution in [0.5, 0.6) is 0 Å². The van der Waals surface area contributed by atoms with Crippen LogP contribution in [-0.2, 0) is 9.59 Å². The maximum Gasteiger partial charge on any atom is 0.225 e. The summed E-state index contributed by atoms with van der Waals surface area (Å²) >= 11 is 0. The van der Waals surface area contributed by atoms with Crippen molar-refractivity contribution in [2.75, 3.05) is 0 Å².